The Labute approximate surface area is 155 Å². The van der Waals surface area contributed by atoms with Crippen LogP contribution in [0.5, 0.6) is 11.5 Å². The zero-order chi connectivity index (χ0) is 19.5. The molecule has 1 aromatic carbocycles. The molecular weight excluding hydrogens is 336 g/mol. The lowest BCUT2D eigenvalue weighted by Crippen LogP contribution is -2.47. The maximum absolute atomic E-state index is 12.3. The molecule has 0 aliphatic heterocycles. The molecule has 2 amide bonds. The summed E-state index contributed by atoms with van der Waals surface area (Å²) in [5.74, 6) is 1.42. The highest BCUT2D eigenvalue weighted by molar-refractivity contribution is 5.80. The number of ether oxygens (including phenoxy) is 3. The summed E-state index contributed by atoms with van der Waals surface area (Å²) in [5.41, 5.74) is 0. The number of hydrogen-bond acceptors (Lipinski definition) is 5. The van der Waals surface area contributed by atoms with Crippen molar-refractivity contribution < 1.29 is 23.8 Å². The predicted octanol–water partition coefficient (Wildman–Crippen LogP) is 2.74. The molecule has 0 fully saturated rings. The van der Waals surface area contributed by atoms with Crippen molar-refractivity contribution in [1.29, 1.82) is 0 Å². The van der Waals surface area contributed by atoms with E-state index in [4.69, 9.17) is 14.2 Å². The van der Waals surface area contributed by atoms with Gasteiger partial charge in [-0.15, -0.1) is 0 Å². The van der Waals surface area contributed by atoms with Gasteiger partial charge in [0.05, 0.1) is 13.7 Å². The van der Waals surface area contributed by atoms with Crippen LogP contribution in [0.25, 0.3) is 0 Å². The summed E-state index contributed by atoms with van der Waals surface area (Å²) >= 11 is 0. The molecule has 0 aromatic heterocycles. The Hall–Kier alpha value is -2.44. The Balaban J connectivity index is 2.52. The fourth-order valence-corrected chi connectivity index (χ4v) is 2.38. The quantitative estimate of drug-likeness (QED) is 0.665. The average molecular weight is 366 g/mol. The van der Waals surface area contributed by atoms with Crippen LogP contribution in [-0.2, 0) is 9.53 Å². The summed E-state index contributed by atoms with van der Waals surface area (Å²) in [6, 6.07) is 6.81. The summed E-state index contributed by atoms with van der Waals surface area (Å²) in [4.78, 5) is 23.9. The monoisotopic (exact) mass is 366 g/mol. The lowest BCUT2D eigenvalue weighted by Gasteiger charge is -2.22. The van der Waals surface area contributed by atoms with Gasteiger partial charge in [-0.05, 0) is 50.5 Å². The first-order valence-corrected chi connectivity index (χ1v) is 8.87. The van der Waals surface area contributed by atoms with Crippen LogP contribution in [0, 0.1) is 5.92 Å². The Morgan fingerprint density at radius 2 is 1.69 bits per heavy atom. The molecule has 0 aliphatic carbocycles. The number of alkyl carbamates (subject to hydrolysis) is 1. The fraction of sp³-hybridized carbons (Fsp3) is 0.579. The summed E-state index contributed by atoms with van der Waals surface area (Å²) in [6.07, 6.45) is -0.409. The molecule has 146 valence electrons. The van der Waals surface area contributed by atoms with E-state index in [0.717, 1.165) is 12.2 Å². The van der Waals surface area contributed by atoms with Gasteiger partial charge in [-0.3, -0.25) is 4.79 Å². The van der Waals surface area contributed by atoms with Crippen LogP contribution in [0.15, 0.2) is 24.3 Å². The topological polar surface area (TPSA) is 85.9 Å². The van der Waals surface area contributed by atoms with E-state index in [1.165, 1.54) is 0 Å². The van der Waals surface area contributed by atoms with E-state index < -0.39 is 12.2 Å². The largest absolute Gasteiger partial charge is 0.497 e. The lowest BCUT2D eigenvalue weighted by atomic mass is 10.0. The second-order valence-corrected chi connectivity index (χ2v) is 6.37. The molecule has 1 aromatic rings. The molecule has 0 aliphatic rings. The zero-order valence-corrected chi connectivity index (χ0v) is 16.2. The number of carbonyl (C=O) groups is 2. The Morgan fingerprint density at radius 1 is 1.08 bits per heavy atom. The molecule has 2 unspecified atom stereocenters. The molecule has 1 rings (SSSR count). The molecule has 7 heteroatoms. The molecule has 0 heterocycles. The normalized spacial score (nSPS) is 12.8. The van der Waals surface area contributed by atoms with Crippen molar-refractivity contribution in [2.24, 2.45) is 5.92 Å². The third-order valence-electron chi connectivity index (χ3n) is 3.62. The summed E-state index contributed by atoms with van der Waals surface area (Å²) < 4.78 is 15.6. The van der Waals surface area contributed by atoms with E-state index in [1.54, 1.807) is 45.2 Å². The second-order valence-electron chi connectivity index (χ2n) is 6.37. The van der Waals surface area contributed by atoms with Crippen molar-refractivity contribution in [3.05, 3.63) is 24.3 Å². The van der Waals surface area contributed by atoms with Gasteiger partial charge in [0.1, 0.15) is 11.5 Å². The number of amides is 2. The summed E-state index contributed by atoms with van der Waals surface area (Å²) in [6.45, 7) is 8.15. The predicted molar refractivity (Wildman–Crippen MR) is 99.5 cm³/mol. The molecule has 0 bridgehead atoms. The van der Waals surface area contributed by atoms with Crippen LogP contribution < -0.4 is 20.1 Å². The van der Waals surface area contributed by atoms with Crippen molar-refractivity contribution in [2.45, 2.75) is 46.3 Å². The van der Waals surface area contributed by atoms with Gasteiger partial charge in [0.15, 0.2) is 6.10 Å². The van der Waals surface area contributed by atoms with E-state index in [0.29, 0.717) is 24.8 Å². The van der Waals surface area contributed by atoms with Crippen LogP contribution in [0.1, 0.15) is 34.1 Å². The minimum absolute atomic E-state index is 0.203. The number of nitrogens with one attached hydrogen (secondary N) is 2. The molecule has 0 saturated carbocycles. The minimum atomic E-state index is -0.661. The van der Waals surface area contributed by atoms with Gasteiger partial charge in [0, 0.05) is 12.6 Å². The number of benzene rings is 1. The SMILES string of the molecule is CCOC(=O)NC(CNC(=O)C(C)Oc1ccc(OC)cc1)CC(C)C. The third-order valence-corrected chi connectivity index (χ3v) is 3.62. The number of rotatable bonds is 10. The van der Waals surface area contributed by atoms with Crippen molar-refractivity contribution >= 4 is 12.0 Å². The first-order chi connectivity index (χ1) is 12.3. The van der Waals surface area contributed by atoms with Crippen LogP contribution in [0.3, 0.4) is 0 Å². The van der Waals surface area contributed by atoms with Gasteiger partial charge >= 0.3 is 6.09 Å². The molecule has 0 saturated heterocycles. The average Bonchev–Trinajstić information content (AvgIpc) is 2.59. The molecule has 26 heavy (non-hydrogen) atoms. The van der Waals surface area contributed by atoms with E-state index in [1.807, 2.05) is 0 Å². The van der Waals surface area contributed by atoms with Crippen LogP contribution in [-0.4, -0.2) is 44.4 Å². The van der Waals surface area contributed by atoms with Crippen molar-refractivity contribution in [2.75, 3.05) is 20.3 Å². The summed E-state index contributed by atoms with van der Waals surface area (Å²) in [5, 5.41) is 5.59. The smallest absolute Gasteiger partial charge is 0.407 e. The van der Waals surface area contributed by atoms with Gasteiger partial charge in [0.2, 0.25) is 0 Å². The first-order valence-electron chi connectivity index (χ1n) is 8.87. The standard InChI is InChI=1S/C19H30N2O5/c1-6-25-19(23)21-15(11-13(2)3)12-20-18(22)14(4)26-17-9-7-16(24-5)8-10-17/h7-10,13-15H,6,11-12H2,1-5H3,(H,20,22)(H,21,23). The third kappa shape index (κ3) is 8.09. The number of methoxy groups -OCH3 is 1. The second kappa shape index (κ2) is 11.2. The number of hydrogen-bond donors (Lipinski definition) is 2. The fourth-order valence-electron chi connectivity index (χ4n) is 2.38. The van der Waals surface area contributed by atoms with Crippen LogP contribution in [0.4, 0.5) is 4.79 Å². The molecule has 2 atom stereocenters. The molecular formula is C19H30N2O5. The molecule has 0 radical (unpaired) electrons. The van der Waals surface area contributed by atoms with E-state index >= 15 is 0 Å². The summed E-state index contributed by atoms with van der Waals surface area (Å²) in [7, 11) is 1.59. The molecule has 7 nitrogen and oxygen atoms in total. The Morgan fingerprint density at radius 3 is 2.23 bits per heavy atom. The minimum Gasteiger partial charge on any atom is -0.497 e. The number of carbonyl (C=O) groups excluding carboxylic acids is 2. The maximum Gasteiger partial charge on any atom is 0.407 e. The van der Waals surface area contributed by atoms with E-state index in [-0.39, 0.29) is 11.9 Å². The molecule has 0 spiro atoms. The highest BCUT2D eigenvalue weighted by Gasteiger charge is 2.19. The van der Waals surface area contributed by atoms with Crippen molar-refractivity contribution in [3.63, 3.8) is 0 Å². The lowest BCUT2D eigenvalue weighted by molar-refractivity contribution is -0.127. The zero-order valence-electron chi connectivity index (χ0n) is 16.2. The van der Waals surface area contributed by atoms with Gasteiger partial charge < -0.3 is 24.8 Å². The Bertz CT molecular complexity index is 560. The van der Waals surface area contributed by atoms with E-state index in [2.05, 4.69) is 24.5 Å². The highest BCUT2D eigenvalue weighted by Crippen LogP contribution is 2.18. The Kier molecular flexibility index (Phi) is 9.33. The van der Waals surface area contributed by atoms with Crippen LogP contribution in [0.2, 0.25) is 0 Å². The van der Waals surface area contributed by atoms with Crippen molar-refractivity contribution in [3.8, 4) is 11.5 Å². The van der Waals surface area contributed by atoms with E-state index in [9.17, 15) is 9.59 Å². The molecule has 2 N–H and O–H groups in total. The van der Waals surface area contributed by atoms with Gasteiger partial charge in [-0.25, -0.2) is 4.79 Å². The maximum atomic E-state index is 12.3. The van der Waals surface area contributed by atoms with Crippen LogP contribution >= 0.6 is 0 Å². The van der Waals surface area contributed by atoms with Gasteiger partial charge in [-0.1, -0.05) is 13.8 Å². The van der Waals surface area contributed by atoms with Gasteiger partial charge in [0.25, 0.3) is 5.91 Å². The van der Waals surface area contributed by atoms with Crippen molar-refractivity contribution in [1.82, 2.24) is 10.6 Å². The van der Waals surface area contributed by atoms with Gasteiger partial charge in [-0.2, -0.15) is 0 Å². The highest BCUT2D eigenvalue weighted by atomic mass is 16.5. The first kappa shape index (κ1) is 21.6.